The van der Waals surface area contributed by atoms with Gasteiger partial charge in [-0.3, -0.25) is 4.79 Å². The number of halogens is 1. The predicted molar refractivity (Wildman–Crippen MR) is 111 cm³/mol. The summed E-state index contributed by atoms with van der Waals surface area (Å²) in [6, 6.07) is 15.8. The quantitative estimate of drug-likeness (QED) is 0.540. The van der Waals surface area contributed by atoms with Gasteiger partial charge in [-0.05, 0) is 43.5 Å². The van der Waals surface area contributed by atoms with E-state index in [1.165, 1.54) is 5.52 Å². The van der Waals surface area contributed by atoms with Gasteiger partial charge in [-0.25, -0.2) is 4.98 Å². The second kappa shape index (κ2) is 9.56. The Morgan fingerprint density at radius 3 is 2.67 bits per heavy atom. The van der Waals surface area contributed by atoms with Crippen molar-refractivity contribution in [3.8, 4) is 0 Å². The zero-order valence-electron chi connectivity index (χ0n) is 15.7. The number of unbranched alkanes of at least 4 members (excludes halogenated alkanes) is 2. The normalized spacial score (nSPS) is 11.0. The Balaban J connectivity index is 1.39. The Hall–Kier alpha value is -2.33. The fourth-order valence-corrected chi connectivity index (χ4v) is 3.56. The number of carbonyl (C=O) groups excluding carboxylic acids is 1. The SMILES string of the molecule is CCn1c(CCCCCNC(=O)Cc2ccccc2Cl)nc2ccccc21. The zero-order chi connectivity index (χ0) is 19.1. The molecule has 27 heavy (non-hydrogen) atoms. The average Bonchev–Trinajstić information content (AvgIpc) is 3.03. The maximum atomic E-state index is 12.0. The second-order valence-electron chi connectivity index (χ2n) is 6.69. The van der Waals surface area contributed by atoms with Crippen molar-refractivity contribution in [2.75, 3.05) is 6.54 Å². The molecule has 0 unspecified atom stereocenters. The molecule has 0 bridgehead atoms. The summed E-state index contributed by atoms with van der Waals surface area (Å²) in [6.45, 7) is 3.80. The number of hydrogen-bond donors (Lipinski definition) is 1. The molecule has 142 valence electrons. The summed E-state index contributed by atoms with van der Waals surface area (Å²) in [6.07, 6.45) is 4.42. The molecular formula is C22H26ClN3O. The fraction of sp³-hybridized carbons (Fsp3) is 0.364. The number of aryl methyl sites for hydroxylation is 2. The Morgan fingerprint density at radius 2 is 1.85 bits per heavy atom. The van der Waals surface area contributed by atoms with Crippen LogP contribution in [0.5, 0.6) is 0 Å². The van der Waals surface area contributed by atoms with E-state index in [9.17, 15) is 4.79 Å². The number of nitrogens with zero attached hydrogens (tertiary/aromatic N) is 2. The lowest BCUT2D eigenvalue weighted by Gasteiger charge is -2.07. The van der Waals surface area contributed by atoms with Crippen molar-refractivity contribution in [1.82, 2.24) is 14.9 Å². The first-order chi connectivity index (χ1) is 13.2. The van der Waals surface area contributed by atoms with E-state index in [2.05, 4.69) is 35.0 Å². The molecule has 0 atom stereocenters. The van der Waals surface area contributed by atoms with E-state index in [4.69, 9.17) is 16.6 Å². The molecule has 1 aromatic heterocycles. The number of para-hydroxylation sites is 2. The van der Waals surface area contributed by atoms with Crippen LogP contribution in [0.15, 0.2) is 48.5 Å². The van der Waals surface area contributed by atoms with Crippen LogP contribution in [-0.4, -0.2) is 22.0 Å². The van der Waals surface area contributed by atoms with Gasteiger partial charge in [0.25, 0.3) is 0 Å². The Labute approximate surface area is 165 Å². The number of aromatic nitrogens is 2. The molecule has 0 aliphatic heterocycles. The molecular weight excluding hydrogens is 358 g/mol. The van der Waals surface area contributed by atoms with E-state index in [-0.39, 0.29) is 5.91 Å². The van der Waals surface area contributed by atoms with Gasteiger partial charge in [-0.2, -0.15) is 0 Å². The van der Waals surface area contributed by atoms with Gasteiger partial charge in [0, 0.05) is 24.5 Å². The summed E-state index contributed by atoms with van der Waals surface area (Å²) in [5.74, 6) is 1.18. The second-order valence-corrected chi connectivity index (χ2v) is 7.10. The molecule has 4 nitrogen and oxygen atoms in total. The van der Waals surface area contributed by atoms with Crippen LogP contribution in [0, 0.1) is 0 Å². The van der Waals surface area contributed by atoms with Crippen LogP contribution in [0.3, 0.4) is 0 Å². The molecule has 1 heterocycles. The molecule has 3 aromatic rings. The number of carbonyl (C=O) groups is 1. The molecule has 5 heteroatoms. The van der Waals surface area contributed by atoms with Gasteiger partial charge in [-0.1, -0.05) is 48.4 Å². The molecule has 3 rings (SSSR count). The van der Waals surface area contributed by atoms with E-state index in [1.54, 1.807) is 0 Å². The smallest absolute Gasteiger partial charge is 0.224 e. The van der Waals surface area contributed by atoms with Crippen molar-refractivity contribution in [3.05, 3.63) is 64.9 Å². The van der Waals surface area contributed by atoms with Crippen molar-refractivity contribution in [3.63, 3.8) is 0 Å². The molecule has 1 amide bonds. The molecule has 0 spiro atoms. The Morgan fingerprint density at radius 1 is 1.07 bits per heavy atom. The lowest BCUT2D eigenvalue weighted by Crippen LogP contribution is -2.26. The lowest BCUT2D eigenvalue weighted by atomic mass is 10.1. The first kappa shape index (κ1) is 19.4. The monoisotopic (exact) mass is 383 g/mol. The third-order valence-electron chi connectivity index (χ3n) is 4.76. The van der Waals surface area contributed by atoms with E-state index < -0.39 is 0 Å². The van der Waals surface area contributed by atoms with Crippen molar-refractivity contribution < 1.29 is 4.79 Å². The third kappa shape index (κ3) is 5.10. The summed E-state index contributed by atoms with van der Waals surface area (Å²) in [7, 11) is 0. The van der Waals surface area contributed by atoms with Crippen molar-refractivity contribution >= 4 is 28.5 Å². The number of hydrogen-bond acceptors (Lipinski definition) is 2. The molecule has 0 aliphatic carbocycles. The molecule has 0 aliphatic rings. The first-order valence-corrected chi connectivity index (χ1v) is 10.0. The molecule has 1 N–H and O–H groups in total. The van der Waals surface area contributed by atoms with Gasteiger partial charge in [0.15, 0.2) is 0 Å². The molecule has 0 saturated heterocycles. The van der Waals surface area contributed by atoms with E-state index in [0.717, 1.165) is 49.1 Å². The maximum absolute atomic E-state index is 12.0. The van der Waals surface area contributed by atoms with Gasteiger partial charge in [0.2, 0.25) is 5.91 Å². The topological polar surface area (TPSA) is 46.9 Å². The summed E-state index contributed by atoms with van der Waals surface area (Å²) >= 11 is 6.10. The van der Waals surface area contributed by atoms with Crippen molar-refractivity contribution in [1.29, 1.82) is 0 Å². The first-order valence-electron chi connectivity index (χ1n) is 9.63. The Kier molecular flexibility index (Phi) is 6.88. The Bertz CT molecular complexity index is 903. The van der Waals surface area contributed by atoms with Gasteiger partial charge in [-0.15, -0.1) is 0 Å². The average molecular weight is 384 g/mol. The molecule has 0 saturated carbocycles. The van der Waals surface area contributed by atoms with Crippen LogP contribution in [0.25, 0.3) is 11.0 Å². The maximum Gasteiger partial charge on any atom is 0.224 e. The van der Waals surface area contributed by atoms with Gasteiger partial charge in [0.05, 0.1) is 17.5 Å². The van der Waals surface area contributed by atoms with Gasteiger partial charge >= 0.3 is 0 Å². The molecule has 0 radical (unpaired) electrons. The highest BCUT2D eigenvalue weighted by atomic mass is 35.5. The standard InChI is InChI=1S/C22H26ClN3O/c1-2-26-20-13-8-7-12-19(20)25-21(26)14-4-3-9-15-24-22(27)16-17-10-5-6-11-18(17)23/h5-8,10-13H,2-4,9,14-16H2,1H3,(H,24,27). The van der Waals surface area contributed by atoms with Crippen LogP contribution in [0.4, 0.5) is 0 Å². The number of rotatable bonds is 9. The third-order valence-corrected chi connectivity index (χ3v) is 5.13. The summed E-state index contributed by atoms with van der Waals surface area (Å²) in [4.78, 5) is 16.8. The van der Waals surface area contributed by atoms with Crippen LogP contribution < -0.4 is 5.32 Å². The van der Waals surface area contributed by atoms with Crippen LogP contribution >= 0.6 is 11.6 Å². The number of benzene rings is 2. The highest BCUT2D eigenvalue weighted by Gasteiger charge is 2.09. The number of imidazole rings is 1. The summed E-state index contributed by atoms with van der Waals surface area (Å²) in [5, 5.41) is 3.63. The van der Waals surface area contributed by atoms with Gasteiger partial charge < -0.3 is 9.88 Å². The highest BCUT2D eigenvalue weighted by molar-refractivity contribution is 6.31. The molecule has 2 aromatic carbocycles. The minimum atomic E-state index is 0.0240. The summed E-state index contributed by atoms with van der Waals surface area (Å²) < 4.78 is 2.29. The van der Waals surface area contributed by atoms with Crippen LogP contribution in [-0.2, 0) is 24.2 Å². The minimum absolute atomic E-state index is 0.0240. The fourth-order valence-electron chi connectivity index (χ4n) is 3.36. The van der Waals surface area contributed by atoms with Crippen molar-refractivity contribution in [2.45, 2.75) is 45.6 Å². The lowest BCUT2D eigenvalue weighted by molar-refractivity contribution is -0.120. The molecule has 0 fully saturated rings. The van der Waals surface area contributed by atoms with Crippen molar-refractivity contribution in [2.24, 2.45) is 0 Å². The van der Waals surface area contributed by atoms with Crippen LogP contribution in [0.1, 0.15) is 37.6 Å². The van der Waals surface area contributed by atoms with E-state index in [1.807, 2.05) is 30.3 Å². The largest absolute Gasteiger partial charge is 0.356 e. The number of nitrogens with one attached hydrogen (secondary N) is 1. The van der Waals surface area contributed by atoms with E-state index in [0.29, 0.717) is 18.0 Å². The number of fused-ring (bicyclic) bond motifs is 1. The zero-order valence-corrected chi connectivity index (χ0v) is 16.5. The highest BCUT2D eigenvalue weighted by Crippen LogP contribution is 2.18. The summed E-state index contributed by atoms with van der Waals surface area (Å²) in [5.41, 5.74) is 3.15. The predicted octanol–water partition coefficient (Wildman–Crippen LogP) is 4.78. The minimum Gasteiger partial charge on any atom is -0.356 e. The number of amides is 1. The van der Waals surface area contributed by atoms with Crippen LogP contribution in [0.2, 0.25) is 5.02 Å². The van der Waals surface area contributed by atoms with E-state index >= 15 is 0 Å². The van der Waals surface area contributed by atoms with Gasteiger partial charge in [0.1, 0.15) is 5.82 Å².